The number of rotatable bonds is 6. The van der Waals surface area contributed by atoms with Crippen molar-refractivity contribution >= 4 is 23.2 Å². The van der Waals surface area contributed by atoms with Gasteiger partial charge in [-0.05, 0) is 12.0 Å². The predicted octanol–water partition coefficient (Wildman–Crippen LogP) is 2.00. The van der Waals surface area contributed by atoms with E-state index < -0.39 is 0 Å². The number of benzene rings is 1. The molecule has 25 heavy (non-hydrogen) atoms. The molecule has 3 rings (SSSR count). The number of aromatic nitrogens is 2. The van der Waals surface area contributed by atoms with Crippen molar-refractivity contribution in [2.75, 3.05) is 31.6 Å². The van der Waals surface area contributed by atoms with E-state index in [1.165, 1.54) is 4.68 Å². The third kappa shape index (κ3) is 4.02. The summed E-state index contributed by atoms with van der Waals surface area (Å²) in [6, 6.07) is 9.65. The second-order valence-electron chi connectivity index (χ2n) is 6.20. The van der Waals surface area contributed by atoms with Crippen LogP contribution in [0.4, 0.5) is 5.69 Å². The summed E-state index contributed by atoms with van der Waals surface area (Å²) < 4.78 is 1.36. The molecule has 0 unspecified atom stereocenters. The number of likely N-dealkylation sites (tertiary alicyclic amines) is 1. The Bertz CT molecular complexity index is 806. The van der Waals surface area contributed by atoms with E-state index in [9.17, 15) is 9.59 Å². The van der Waals surface area contributed by atoms with Crippen LogP contribution in [0.25, 0.3) is 0 Å². The number of halogens is 1. The number of carbonyl (C=O) groups excluding carboxylic acids is 1. The quantitative estimate of drug-likeness (QED) is 0.790. The molecule has 2 aromatic rings. The lowest BCUT2D eigenvalue weighted by Gasteiger charge is -2.24. The van der Waals surface area contributed by atoms with Crippen LogP contribution in [-0.4, -0.2) is 47.3 Å². The molecule has 0 spiro atoms. The molecule has 0 aliphatic carbocycles. The van der Waals surface area contributed by atoms with Crippen LogP contribution in [-0.2, 0) is 11.3 Å². The monoisotopic (exact) mass is 360 g/mol. The summed E-state index contributed by atoms with van der Waals surface area (Å²) in [5.41, 5.74) is 1.26. The van der Waals surface area contributed by atoms with Crippen LogP contribution in [0.2, 0.25) is 5.02 Å². The second-order valence-corrected chi connectivity index (χ2v) is 6.58. The zero-order valence-corrected chi connectivity index (χ0v) is 14.9. The molecule has 1 aromatic carbocycles. The van der Waals surface area contributed by atoms with Crippen molar-refractivity contribution in [2.24, 2.45) is 0 Å². The van der Waals surface area contributed by atoms with Gasteiger partial charge in [0.25, 0.3) is 5.56 Å². The van der Waals surface area contributed by atoms with Gasteiger partial charge in [0.15, 0.2) is 0 Å². The topological polar surface area (TPSA) is 58.4 Å². The first-order valence-corrected chi connectivity index (χ1v) is 8.72. The first-order valence-electron chi connectivity index (χ1n) is 8.34. The van der Waals surface area contributed by atoms with E-state index in [1.54, 1.807) is 6.20 Å². The van der Waals surface area contributed by atoms with Gasteiger partial charge in [-0.25, -0.2) is 4.68 Å². The Morgan fingerprint density at radius 3 is 2.68 bits per heavy atom. The fourth-order valence-corrected chi connectivity index (χ4v) is 3.21. The van der Waals surface area contributed by atoms with E-state index >= 15 is 0 Å². The van der Waals surface area contributed by atoms with Crippen molar-refractivity contribution in [3.05, 3.63) is 57.5 Å². The summed E-state index contributed by atoms with van der Waals surface area (Å²) in [6.07, 6.45) is 3.15. The maximum atomic E-state index is 12.5. The first-order chi connectivity index (χ1) is 12.1. The SMILES string of the molecule is CN(CCN1CCCC1=O)c1cnn(Cc2ccccc2)c(=O)c1Cl. The lowest BCUT2D eigenvalue weighted by Crippen LogP contribution is -2.35. The van der Waals surface area contributed by atoms with E-state index in [0.29, 0.717) is 31.7 Å². The molecule has 6 nitrogen and oxygen atoms in total. The minimum absolute atomic E-state index is 0.154. The number of hydrogen-bond donors (Lipinski definition) is 0. The molecule has 1 aliphatic heterocycles. The van der Waals surface area contributed by atoms with Crippen LogP contribution in [0.1, 0.15) is 18.4 Å². The number of carbonyl (C=O) groups is 1. The maximum absolute atomic E-state index is 12.5. The van der Waals surface area contributed by atoms with Gasteiger partial charge in [-0.3, -0.25) is 9.59 Å². The molecule has 0 atom stereocenters. The molecular formula is C18H21ClN4O2. The van der Waals surface area contributed by atoms with E-state index in [2.05, 4.69) is 5.10 Å². The van der Waals surface area contributed by atoms with E-state index in [1.807, 2.05) is 47.2 Å². The van der Waals surface area contributed by atoms with Gasteiger partial charge in [-0.15, -0.1) is 0 Å². The molecule has 1 amide bonds. The molecule has 2 heterocycles. The Morgan fingerprint density at radius 1 is 1.24 bits per heavy atom. The summed E-state index contributed by atoms with van der Waals surface area (Å²) in [7, 11) is 1.85. The smallest absolute Gasteiger partial charge is 0.287 e. The highest BCUT2D eigenvalue weighted by Gasteiger charge is 2.21. The van der Waals surface area contributed by atoms with Crippen molar-refractivity contribution in [1.82, 2.24) is 14.7 Å². The third-order valence-electron chi connectivity index (χ3n) is 4.43. The highest BCUT2D eigenvalue weighted by Crippen LogP contribution is 2.20. The fraction of sp³-hybridized carbons (Fsp3) is 0.389. The number of amides is 1. The summed E-state index contributed by atoms with van der Waals surface area (Å²) >= 11 is 6.29. The van der Waals surface area contributed by atoms with Gasteiger partial charge in [0.05, 0.1) is 18.4 Å². The Balaban J connectivity index is 1.71. The Morgan fingerprint density at radius 2 is 2.00 bits per heavy atom. The van der Waals surface area contributed by atoms with Crippen LogP contribution in [0.3, 0.4) is 0 Å². The Hall–Kier alpha value is -2.34. The zero-order chi connectivity index (χ0) is 17.8. The number of nitrogens with zero attached hydrogens (tertiary/aromatic N) is 4. The minimum atomic E-state index is -0.313. The van der Waals surface area contributed by atoms with E-state index in [4.69, 9.17) is 11.6 Å². The van der Waals surface area contributed by atoms with Crippen molar-refractivity contribution in [3.8, 4) is 0 Å². The molecule has 1 aromatic heterocycles. The van der Waals surface area contributed by atoms with Gasteiger partial charge in [-0.1, -0.05) is 41.9 Å². The van der Waals surface area contributed by atoms with Crippen LogP contribution in [0, 0.1) is 0 Å². The lowest BCUT2D eigenvalue weighted by atomic mass is 10.2. The molecule has 0 bridgehead atoms. The average molecular weight is 361 g/mol. The van der Waals surface area contributed by atoms with E-state index in [-0.39, 0.29) is 16.5 Å². The summed E-state index contributed by atoms with van der Waals surface area (Å²) in [5.74, 6) is 0.191. The summed E-state index contributed by atoms with van der Waals surface area (Å²) in [6.45, 7) is 2.41. The normalized spacial score (nSPS) is 14.2. The zero-order valence-electron chi connectivity index (χ0n) is 14.2. The minimum Gasteiger partial charge on any atom is -0.370 e. The number of hydrogen-bond acceptors (Lipinski definition) is 4. The molecule has 0 saturated carbocycles. The highest BCUT2D eigenvalue weighted by molar-refractivity contribution is 6.33. The van der Waals surface area contributed by atoms with Gasteiger partial charge < -0.3 is 9.80 Å². The molecular weight excluding hydrogens is 340 g/mol. The van der Waals surface area contributed by atoms with Crippen molar-refractivity contribution in [2.45, 2.75) is 19.4 Å². The Kier molecular flexibility index (Phi) is 5.38. The van der Waals surface area contributed by atoms with Crippen LogP contribution < -0.4 is 10.5 Å². The summed E-state index contributed by atoms with van der Waals surface area (Å²) in [4.78, 5) is 27.9. The van der Waals surface area contributed by atoms with E-state index in [0.717, 1.165) is 18.5 Å². The molecule has 1 fully saturated rings. The van der Waals surface area contributed by atoms with Crippen LogP contribution in [0.5, 0.6) is 0 Å². The van der Waals surface area contributed by atoms with Gasteiger partial charge in [-0.2, -0.15) is 5.10 Å². The number of anilines is 1. The highest BCUT2D eigenvalue weighted by atomic mass is 35.5. The summed E-state index contributed by atoms with van der Waals surface area (Å²) in [5, 5.41) is 4.40. The average Bonchev–Trinajstić information content (AvgIpc) is 3.03. The first kappa shape index (κ1) is 17.5. The van der Waals surface area contributed by atoms with Gasteiger partial charge in [0.2, 0.25) is 5.91 Å². The molecule has 132 valence electrons. The van der Waals surface area contributed by atoms with Crippen LogP contribution in [0.15, 0.2) is 41.3 Å². The predicted molar refractivity (Wildman–Crippen MR) is 98.1 cm³/mol. The van der Waals surface area contributed by atoms with Crippen LogP contribution >= 0.6 is 11.6 Å². The fourth-order valence-electron chi connectivity index (χ4n) is 2.92. The van der Waals surface area contributed by atoms with Crippen molar-refractivity contribution in [1.29, 1.82) is 0 Å². The van der Waals surface area contributed by atoms with Gasteiger partial charge in [0, 0.05) is 33.1 Å². The van der Waals surface area contributed by atoms with Gasteiger partial charge in [0.1, 0.15) is 5.02 Å². The largest absolute Gasteiger partial charge is 0.370 e. The van der Waals surface area contributed by atoms with Crippen molar-refractivity contribution < 1.29 is 4.79 Å². The third-order valence-corrected chi connectivity index (χ3v) is 4.78. The molecule has 7 heteroatoms. The number of likely N-dealkylation sites (N-methyl/N-ethyl adjacent to an activating group) is 1. The molecule has 0 radical (unpaired) electrons. The standard InChI is InChI=1S/C18H21ClN4O2/c1-21(10-11-22-9-5-8-16(22)24)15-12-20-23(18(25)17(15)19)13-14-6-3-2-4-7-14/h2-4,6-7,12H,5,8-11,13H2,1H3. The Labute approximate surface area is 151 Å². The molecule has 0 N–H and O–H groups in total. The van der Waals surface area contributed by atoms with Crippen molar-refractivity contribution in [3.63, 3.8) is 0 Å². The van der Waals surface area contributed by atoms with Gasteiger partial charge >= 0.3 is 0 Å². The second kappa shape index (κ2) is 7.70. The lowest BCUT2D eigenvalue weighted by molar-refractivity contribution is -0.127. The molecule has 1 aliphatic rings. The maximum Gasteiger partial charge on any atom is 0.287 e. The molecule has 1 saturated heterocycles.